The van der Waals surface area contributed by atoms with E-state index < -0.39 is 5.41 Å². The minimum Gasteiger partial charge on any atom is -0.497 e. The summed E-state index contributed by atoms with van der Waals surface area (Å²) >= 11 is 0. The van der Waals surface area contributed by atoms with Crippen molar-refractivity contribution in [1.82, 2.24) is 0 Å². The third-order valence-electron chi connectivity index (χ3n) is 5.51. The Morgan fingerprint density at radius 2 is 1.00 bits per heavy atom. The Bertz CT molecular complexity index is 948. The number of aliphatic hydroxyl groups excluding tert-OH is 1. The minimum atomic E-state index is -0.483. The summed E-state index contributed by atoms with van der Waals surface area (Å²) in [6, 6.07) is 37.7. The van der Waals surface area contributed by atoms with Gasteiger partial charge in [-0.25, -0.2) is 0 Å². The van der Waals surface area contributed by atoms with Gasteiger partial charge >= 0.3 is 0 Å². The second-order valence-electron chi connectivity index (χ2n) is 7.07. The lowest BCUT2D eigenvalue weighted by Gasteiger charge is -2.37. The van der Waals surface area contributed by atoms with Crippen molar-refractivity contribution in [2.45, 2.75) is 12.0 Å². The predicted octanol–water partition coefficient (Wildman–Crippen LogP) is 5.57. The van der Waals surface area contributed by atoms with Crippen LogP contribution in [0.4, 0.5) is 0 Å². The number of hydrogen-bond acceptors (Lipinski definition) is 2. The van der Waals surface area contributed by atoms with E-state index in [0.717, 1.165) is 22.4 Å². The SMILES string of the molecule is COc1ccc(C(c2ccccc2)(c2ccccc2)c2ccc(CO)cc2)cc1. The fourth-order valence-electron chi connectivity index (χ4n) is 4.08. The summed E-state index contributed by atoms with van der Waals surface area (Å²) in [4.78, 5) is 0. The maximum absolute atomic E-state index is 9.53. The standard InChI is InChI=1S/C27H24O2/c1-29-26-18-16-25(17-19-26)27(22-8-4-2-5-9-22,23-10-6-3-7-11-23)24-14-12-21(20-28)13-15-24/h2-19,28H,20H2,1H3. The number of hydrogen-bond donors (Lipinski definition) is 1. The van der Waals surface area contributed by atoms with Crippen molar-refractivity contribution in [3.05, 3.63) is 137 Å². The van der Waals surface area contributed by atoms with Crippen LogP contribution in [0.25, 0.3) is 0 Å². The highest BCUT2D eigenvalue weighted by Crippen LogP contribution is 2.45. The van der Waals surface area contributed by atoms with Gasteiger partial charge in [0.1, 0.15) is 5.75 Å². The first-order valence-electron chi connectivity index (χ1n) is 9.75. The van der Waals surface area contributed by atoms with E-state index >= 15 is 0 Å². The van der Waals surface area contributed by atoms with E-state index in [4.69, 9.17) is 4.74 Å². The van der Waals surface area contributed by atoms with E-state index in [1.165, 1.54) is 11.1 Å². The second kappa shape index (κ2) is 8.34. The zero-order chi connectivity index (χ0) is 20.1. The number of ether oxygens (including phenoxy) is 1. The molecule has 4 rings (SSSR count). The molecule has 2 nitrogen and oxygen atoms in total. The van der Waals surface area contributed by atoms with E-state index in [-0.39, 0.29) is 6.61 Å². The van der Waals surface area contributed by atoms with Crippen molar-refractivity contribution in [2.24, 2.45) is 0 Å². The summed E-state index contributed by atoms with van der Waals surface area (Å²) in [6.07, 6.45) is 0. The molecule has 0 unspecified atom stereocenters. The van der Waals surface area contributed by atoms with Crippen molar-refractivity contribution in [2.75, 3.05) is 7.11 Å². The molecule has 0 spiro atoms. The van der Waals surface area contributed by atoms with Crippen molar-refractivity contribution in [1.29, 1.82) is 0 Å². The minimum absolute atomic E-state index is 0.0342. The first-order chi connectivity index (χ1) is 14.3. The van der Waals surface area contributed by atoms with Gasteiger partial charge in [-0.15, -0.1) is 0 Å². The van der Waals surface area contributed by atoms with Gasteiger partial charge in [-0.05, 0) is 39.9 Å². The van der Waals surface area contributed by atoms with Crippen molar-refractivity contribution < 1.29 is 9.84 Å². The summed E-state index contributed by atoms with van der Waals surface area (Å²) in [5, 5.41) is 9.53. The molecule has 4 aromatic carbocycles. The number of aliphatic hydroxyl groups is 1. The molecule has 0 saturated carbocycles. The maximum Gasteiger partial charge on any atom is 0.118 e. The molecule has 0 saturated heterocycles. The molecular formula is C27H24O2. The molecule has 0 aliphatic carbocycles. The van der Waals surface area contributed by atoms with Gasteiger partial charge in [-0.2, -0.15) is 0 Å². The molecule has 0 bridgehead atoms. The molecule has 4 aromatic rings. The quantitative estimate of drug-likeness (QED) is 0.443. The van der Waals surface area contributed by atoms with Crippen LogP contribution >= 0.6 is 0 Å². The number of methoxy groups -OCH3 is 1. The van der Waals surface area contributed by atoms with Gasteiger partial charge in [0.05, 0.1) is 19.1 Å². The molecule has 1 N–H and O–H groups in total. The predicted molar refractivity (Wildman–Crippen MR) is 117 cm³/mol. The Balaban J connectivity index is 2.06. The second-order valence-corrected chi connectivity index (χ2v) is 7.07. The van der Waals surface area contributed by atoms with Crippen molar-refractivity contribution in [3.63, 3.8) is 0 Å². The van der Waals surface area contributed by atoms with Gasteiger partial charge in [0.2, 0.25) is 0 Å². The van der Waals surface area contributed by atoms with Crippen LogP contribution < -0.4 is 4.74 Å². The van der Waals surface area contributed by atoms with Crippen LogP contribution in [-0.2, 0) is 12.0 Å². The van der Waals surface area contributed by atoms with Crippen LogP contribution in [-0.4, -0.2) is 12.2 Å². The summed E-state index contributed by atoms with van der Waals surface area (Å²) < 4.78 is 5.40. The first-order valence-corrected chi connectivity index (χ1v) is 9.75. The van der Waals surface area contributed by atoms with Crippen molar-refractivity contribution in [3.8, 4) is 5.75 Å². The highest BCUT2D eigenvalue weighted by molar-refractivity contribution is 5.60. The van der Waals surface area contributed by atoms with E-state index in [9.17, 15) is 5.11 Å². The molecule has 0 heterocycles. The zero-order valence-electron chi connectivity index (χ0n) is 16.5. The molecular weight excluding hydrogens is 356 g/mol. The molecule has 0 aromatic heterocycles. The smallest absolute Gasteiger partial charge is 0.118 e. The fourth-order valence-corrected chi connectivity index (χ4v) is 4.08. The number of benzene rings is 4. The molecule has 0 radical (unpaired) electrons. The van der Waals surface area contributed by atoms with Gasteiger partial charge in [-0.3, -0.25) is 0 Å². The highest BCUT2D eigenvalue weighted by atomic mass is 16.5. The summed E-state index contributed by atoms with van der Waals surface area (Å²) in [7, 11) is 1.68. The van der Waals surface area contributed by atoms with Crippen LogP contribution in [0, 0.1) is 0 Å². The lowest BCUT2D eigenvalue weighted by Crippen LogP contribution is -2.31. The van der Waals surface area contributed by atoms with Gasteiger partial charge in [-0.1, -0.05) is 97.1 Å². The molecule has 0 aliphatic heterocycles. The van der Waals surface area contributed by atoms with Gasteiger partial charge in [0.25, 0.3) is 0 Å². The monoisotopic (exact) mass is 380 g/mol. The Hall–Kier alpha value is -3.36. The average Bonchev–Trinajstić information content (AvgIpc) is 2.82. The first kappa shape index (κ1) is 19.0. The molecule has 144 valence electrons. The Kier molecular flexibility index (Phi) is 5.46. The fraction of sp³-hybridized carbons (Fsp3) is 0.111. The Morgan fingerprint density at radius 1 is 0.586 bits per heavy atom. The van der Waals surface area contributed by atoms with E-state index in [2.05, 4.69) is 72.8 Å². The number of rotatable bonds is 6. The van der Waals surface area contributed by atoms with Gasteiger partial charge in [0, 0.05) is 0 Å². The molecule has 0 amide bonds. The van der Waals surface area contributed by atoms with E-state index in [1.54, 1.807) is 7.11 Å². The Labute approximate surface area is 172 Å². The Morgan fingerprint density at radius 3 is 1.41 bits per heavy atom. The summed E-state index contributed by atoms with van der Waals surface area (Å²) in [5.74, 6) is 0.833. The molecule has 0 aliphatic rings. The summed E-state index contributed by atoms with van der Waals surface area (Å²) in [6.45, 7) is 0.0342. The maximum atomic E-state index is 9.53. The topological polar surface area (TPSA) is 29.5 Å². The van der Waals surface area contributed by atoms with Crippen LogP contribution in [0.15, 0.2) is 109 Å². The lowest BCUT2D eigenvalue weighted by atomic mass is 9.65. The van der Waals surface area contributed by atoms with E-state index in [0.29, 0.717) is 0 Å². The third-order valence-corrected chi connectivity index (χ3v) is 5.51. The third kappa shape index (κ3) is 3.43. The van der Waals surface area contributed by atoms with Crippen molar-refractivity contribution >= 4 is 0 Å². The molecule has 2 heteroatoms. The van der Waals surface area contributed by atoms with Crippen LogP contribution in [0.1, 0.15) is 27.8 Å². The zero-order valence-corrected chi connectivity index (χ0v) is 16.5. The van der Waals surface area contributed by atoms with Gasteiger partial charge < -0.3 is 9.84 Å². The molecule has 0 fully saturated rings. The molecule has 29 heavy (non-hydrogen) atoms. The van der Waals surface area contributed by atoms with Crippen LogP contribution in [0.5, 0.6) is 5.75 Å². The van der Waals surface area contributed by atoms with Gasteiger partial charge in [0.15, 0.2) is 0 Å². The summed E-state index contributed by atoms with van der Waals surface area (Å²) in [5.41, 5.74) is 5.10. The van der Waals surface area contributed by atoms with Crippen LogP contribution in [0.3, 0.4) is 0 Å². The molecule has 0 atom stereocenters. The highest BCUT2D eigenvalue weighted by Gasteiger charge is 2.38. The normalized spacial score (nSPS) is 11.2. The average molecular weight is 380 g/mol. The van der Waals surface area contributed by atoms with E-state index in [1.807, 2.05) is 36.4 Å². The largest absolute Gasteiger partial charge is 0.497 e. The lowest BCUT2D eigenvalue weighted by molar-refractivity contribution is 0.282. The van der Waals surface area contributed by atoms with Crippen LogP contribution in [0.2, 0.25) is 0 Å².